The van der Waals surface area contributed by atoms with Crippen molar-refractivity contribution in [2.75, 3.05) is 6.54 Å². The zero-order valence-electron chi connectivity index (χ0n) is 17.3. The van der Waals surface area contributed by atoms with Crippen LogP contribution >= 0.6 is 22.6 Å². The summed E-state index contributed by atoms with van der Waals surface area (Å²) in [6, 6.07) is 8.21. The summed E-state index contributed by atoms with van der Waals surface area (Å²) < 4.78 is 6.31. The van der Waals surface area contributed by atoms with Gasteiger partial charge in [0.2, 0.25) is 11.4 Å². The molecule has 162 valence electrons. The lowest BCUT2D eigenvalue weighted by atomic mass is 9.93. The van der Waals surface area contributed by atoms with Gasteiger partial charge in [-0.1, -0.05) is 12.1 Å². The van der Waals surface area contributed by atoms with Crippen molar-refractivity contribution >= 4 is 40.4 Å². The summed E-state index contributed by atoms with van der Waals surface area (Å²) in [5.74, 6) is -2.40. The number of amides is 1. The van der Waals surface area contributed by atoms with Gasteiger partial charge in [-0.05, 0) is 93.2 Å². The number of aliphatic carboxylic acids is 1. The van der Waals surface area contributed by atoms with Crippen molar-refractivity contribution in [2.45, 2.75) is 70.4 Å². The molecule has 0 aliphatic rings. The van der Waals surface area contributed by atoms with Crippen molar-refractivity contribution in [3.63, 3.8) is 0 Å². The molecule has 29 heavy (non-hydrogen) atoms. The Morgan fingerprint density at radius 1 is 1.10 bits per heavy atom. The van der Waals surface area contributed by atoms with Gasteiger partial charge in [-0.25, -0.2) is 9.59 Å². The van der Waals surface area contributed by atoms with Crippen molar-refractivity contribution in [1.29, 1.82) is 0 Å². The molecule has 0 fully saturated rings. The average molecular weight is 518 g/mol. The van der Waals surface area contributed by atoms with Gasteiger partial charge in [0.25, 0.3) is 0 Å². The number of benzene rings is 1. The summed E-state index contributed by atoms with van der Waals surface area (Å²) in [7, 11) is 0. The molecule has 0 saturated heterocycles. The Balaban J connectivity index is 2.29. The van der Waals surface area contributed by atoms with E-state index in [1.54, 1.807) is 20.8 Å². The Bertz CT molecular complexity index is 700. The molecule has 7 nitrogen and oxygen atoms in total. The van der Waals surface area contributed by atoms with Crippen LogP contribution in [0.3, 0.4) is 0 Å². The molecule has 0 heterocycles. The normalized spacial score (nSPS) is 13.4. The monoisotopic (exact) mass is 518 g/mol. The number of rotatable bonds is 11. The molecule has 0 aromatic heterocycles. The number of halogens is 1. The summed E-state index contributed by atoms with van der Waals surface area (Å²) in [5.41, 5.74) is 4.11. The highest BCUT2D eigenvalue weighted by Gasteiger charge is 2.44. The Hall–Kier alpha value is -1.68. The lowest BCUT2D eigenvalue weighted by molar-refractivity contribution is -0.169. The fourth-order valence-corrected chi connectivity index (χ4v) is 2.97. The third kappa shape index (κ3) is 9.58. The second-order valence-corrected chi connectivity index (χ2v) is 9.31. The molecule has 0 aliphatic carbocycles. The molecule has 0 bridgehead atoms. The Kier molecular flexibility index (Phi) is 10.0. The van der Waals surface area contributed by atoms with Crippen LogP contribution in [0.1, 0.15) is 58.4 Å². The first-order chi connectivity index (χ1) is 13.4. The van der Waals surface area contributed by atoms with E-state index in [4.69, 9.17) is 10.5 Å². The minimum atomic E-state index is -2.08. The standard InChI is InChI=1S/C21H31IN2O5/c1-20(2,3)29-19(28)21(23,18(26)27)13-4-5-14-24-17(25)8-6-7-15-9-11-16(22)12-10-15/h9-12H,4-8,13-14,23H2,1-3H3,(H,24,25)(H,26,27)/t21-/m0/s1. The van der Waals surface area contributed by atoms with E-state index in [-0.39, 0.29) is 12.3 Å². The molecule has 0 radical (unpaired) electrons. The predicted molar refractivity (Wildman–Crippen MR) is 119 cm³/mol. The highest BCUT2D eigenvalue weighted by Crippen LogP contribution is 2.18. The number of aryl methyl sites for hydroxylation is 1. The van der Waals surface area contributed by atoms with Gasteiger partial charge < -0.3 is 20.9 Å². The number of esters is 1. The minimum Gasteiger partial charge on any atom is -0.479 e. The lowest BCUT2D eigenvalue weighted by Gasteiger charge is -2.28. The fourth-order valence-electron chi connectivity index (χ4n) is 2.61. The molecule has 1 rings (SSSR count). The van der Waals surface area contributed by atoms with E-state index in [2.05, 4.69) is 40.0 Å². The second-order valence-electron chi connectivity index (χ2n) is 8.07. The van der Waals surface area contributed by atoms with Crippen molar-refractivity contribution in [2.24, 2.45) is 5.73 Å². The molecule has 0 spiro atoms. The molecule has 0 aliphatic heterocycles. The molecule has 4 N–H and O–H groups in total. The summed E-state index contributed by atoms with van der Waals surface area (Å²) in [5, 5.41) is 12.2. The van der Waals surface area contributed by atoms with Crippen molar-refractivity contribution in [1.82, 2.24) is 5.32 Å². The zero-order valence-corrected chi connectivity index (χ0v) is 19.5. The lowest BCUT2D eigenvalue weighted by Crippen LogP contribution is -2.57. The van der Waals surface area contributed by atoms with Crippen LogP contribution in [0.4, 0.5) is 0 Å². The summed E-state index contributed by atoms with van der Waals surface area (Å²) in [4.78, 5) is 35.5. The average Bonchev–Trinajstić information content (AvgIpc) is 2.61. The van der Waals surface area contributed by atoms with Crippen molar-refractivity contribution in [3.05, 3.63) is 33.4 Å². The summed E-state index contributed by atoms with van der Waals surface area (Å²) in [6.07, 6.45) is 2.88. The van der Waals surface area contributed by atoms with Gasteiger partial charge in [-0.3, -0.25) is 4.79 Å². The maximum absolute atomic E-state index is 12.1. The van der Waals surface area contributed by atoms with Crippen LogP contribution in [0.15, 0.2) is 24.3 Å². The summed E-state index contributed by atoms with van der Waals surface area (Å²) in [6.45, 7) is 5.37. The highest BCUT2D eigenvalue weighted by molar-refractivity contribution is 14.1. The SMILES string of the molecule is CC(C)(C)OC(=O)[C@](N)(CCCCNC(=O)CCCc1ccc(I)cc1)C(=O)O. The fraction of sp³-hybridized carbons (Fsp3) is 0.571. The molecular formula is C21H31IN2O5. The maximum Gasteiger partial charge on any atom is 0.338 e. The smallest absolute Gasteiger partial charge is 0.338 e. The Labute approximate surface area is 185 Å². The molecule has 1 atom stereocenters. The number of nitrogens with one attached hydrogen (secondary N) is 1. The quantitative estimate of drug-likeness (QED) is 0.179. The Morgan fingerprint density at radius 2 is 1.72 bits per heavy atom. The van der Waals surface area contributed by atoms with Gasteiger partial charge in [-0.15, -0.1) is 0 Å². The van der Waals surface area contributed by atoms with Gasteiger partial charge in [0.15, 0.2) is 0 Å². The van der Waals surface area contributed by atoms with E-state index < -0.39 is 23.1 Å². The number of carbonyl (C=O) groups is 3. The number of carboxylic acid groups (broad SMARTS) is 1. The van der Waals surface area contributed by atoms with Gasteiger partial charge in [-0.2, -0.15) is 0 Å². The second kappa shape index (κ2) is 11.5. The predicted octanol–water partition coefficient (Wildman–Crippen LogP) is 3.02. The topological polar surface area (TPSA) is 119 Å². The van der Waals surface area contributed by atoms with Crippen molar-refractivity contribution < 1.29 is 24.2 Å². The third-order valence-corrected chi connectivity index (χ3v) is 4.97. The largest absolute Gasteiger partial charge is 0.479 e. The maximum atomic E-state index is 12.1. The van der Waals surface area contributed by atoms with Crippen LogP contribution in [-0.4, -0.2) is 40.6 Å². The zero-order chi connectivity index (χ0) is 22.1. The third-order valence-electron chi connectivity index (χ3n) is 4.25. The molecular weight excluding hydrogens is 487 g/mol. The number of hydrogen-bond donors (Lipinski definition) is 3. The van der Waals surface area contributed by atoms with Gasteiger partial charge in [0, 0.05) is 16.5 Å². The number of nitrogens with two attached hydrogens (primary N) is 1. The molecule has 8 heteroatoms. The molecule has 1 aromatic rings. The van der Waals surface area contributed by atoms with Crippen LogP contribution in [0, 0.1) is 3.57 Å². The van der Waals surface area contributed by atoms with E-state index in [0.717, 1.165) is 12.8 Å². The van der Waals surface area contributed by atoms with Crippen LogP contribution in [0.2, 0.25) is 0 Å². The highest BCUT2D eigenvalue weighted by atomic mass is 127. The molecule has 0 saturated carbocycles. The van der Waals surface area contributed by atoms with E-state index in [0.29, 0.717) is 25.8 Å². The van der Waals surface area contributed by atoms with Crippen LogP contribution in [0.5, 0.6) is 0 Å². The van der Waals surface area contributed by atoms with Gasteiger partial charge in [0.05, 0.1) is 0 Å². The van der Waals surface area contributed by atoms with E-state index in [1.807, 2.05) is 12.1 Å². The molecule has 1 amide bonds. The van der Waals surface area contributed by atoms with E-state index in [9.17, 15) is 19.5 Å². The van der Waals surface area contributed by atoms with E-state index in [1.165, 1.54) is 9.13 Å². The molecule has 1 aromatic carbocycles. The number of unbranched alkanes of at least 4 members (excludes halogenated alkanes) is 1. The first-order valence-corrected chi connectivity index (χ1v) is 10.8. The Morgan fingerprint density at radius 3 is 2.28 bits per heavy atom. The van der Waals surface area contributed by atoms with E-state index >= 15 is 0 Å². The number of ether oxygens (including phenoxy) is 1. The number of carboxylic acids is 1. The molecule has 0 unspecified atom stereocenters. The summed E-state index contributed by atoms with van der Waals surface area (Å²) >= 11 is 2.25. The van der Waals surface area contributed by atoms with Crippen LogP contribution < -0.4 is 11.1 Å². The number of hydrogen-bond acceptors (Lipinski definition) is 5. The first kappa shape index (κ1) is 25.4. The van der Waals surface area contributed by atoms with Gasteiger partial charge >= 0.3 is 11.9 Å². The van der Waals surface area contributed by atoms with Gasteiger partial charge in [0.1, 0.15) is 5.60 Å². The van der Waals surface area contributed by atoms with Crippen LogP contribution in [0.25, 0.3) is 0 Å². The first-order valence-electron chi connectivity index (χ1n) is 9.71. The van der Waals surface area contributed by atoms with Crippen molar-refractivity contribution in [3.8, 4) is 0 Å². The number of carbonyl (C=O) groups excluding carboxylic acids is 2. The minimum absolute atomic E-state index is 0.0418. The van der Waals surface area contributed by atoms with Crippen LogP contribution in [-0.2, 0) is 25.5 Å².